The van der Waals surface area contributed by atoms with Gasteiger partial charge in [-0.3, -0.25) is 4.98 Å². The summed E-state index contributed by atoms with van der Waals surface area (Å²) < 4.78 is 0. The third kappa shape index (κ3) is 1.63. The molecule has 0 unspecified atom stereocenters. The summed E-state index contributed by atoms with van der Waals surface area (Å²) in [4.78, 5) is 4.04. The van der Waals surface area contributed by atoms with Crippen molar-refractivity contribution in [1.82, 2.24) is 4.98 Å². The van der Waals surface area contributed by atoms with E-state index in [1.807, 2.05) is 12.4 Å². The molecule has 0 aliphatic carbocycles. The molecule has 0 spiro atoms. The van der Waals surface area contributed by atoms with Crippen molar-refractivity contribution >= 4 is 18.1 Å². The highest BCUT2D eigenvalue weighted by molar-refractivity contribution is 5.85. The SMILES string of the molecule is Cl.c1cc2c(cn1)NCCC2. The van der Waals surface area contributed by atoms with Gasteiger partial charge in [0.15, 0.2) is 0 Å². The number of aryl methyl sites for hydroxylation is 1. The van der Waals surface area contributed by atoms with Gasteiger partial charge < -0.3 is 5.32 Å². The van der Waals surface area contributed by atoms with Crippen LogP contribution in [0.4, 0.5) is 5.69 Å². The highest BCUT2D eigenvalue weighted by atomic mass is 35.5. The van der Waals surface area contributed by atoms with E-state index in [1.54, 1.807) is 0 Å². The van der Waals surface area contributed by atoms with Gasteiger partial charge >= 0.3 is 0 Å². The van der Waals surface area contributed by atoms with Crippen LogP contribution in [0.2, 0.25) is 0 Å². The lowest BCUT2D eigenvalue weighted by Gasteiger charge is -2.15. The van der Waals surface area contributed by atoms with E-state index in [1.165, 1.54) is 24.1 Å². The second-order valence-corrected chi connectivity index (χ2v) is 2.56. The number of fused-ring (bicyclic) bond motifs is 1. The quantitative estimate of drug-likeness (QED) is 0.643. The highest BCUT2D eigenvalue weighted by Gasteiger charge is 2.05. The number of nitrogens with one attached hydrogen (secondary N) is 1. The van der Waals surface area contributed by atoms with Gasteiger partial charge in [0.1, 0.15) is 0 Å². The first kappa shape index (κ1) is 8.34. The molecule has 1 aliphatic heterocycles. The van der Waals surface area contributed by atoms with E-state index in [2.05, 4.69) is 16.4 Å². The minimum Gasteiger partial charge on any atom is -0.384 e. The molecular weight excluding hydrogens is 160 g/mol. The Morgan fingerprint density at radius 3 is 3.18 bits per heavy atom. The fraction of sp³-hybridized carbons (Fsp3) is 0.375. The average Bonchev–Trinajstić information content (AvgIpc) is 2.05. The molecule has 60 valence electrons. The normalized spacial score (nSPS) is 14.2. The maximum absolute atomic E-state index is 4.04. The number of hydrogen-bond acceptors (Lipinski definition) is 2. The Morgan fingerprint density at radius 1 is 1.45 bits per heavy atom. The molecule has 2 nitrogen and oxygen atoms in total. The number of aromatic nitrogens is 1. The van der Waals surface area contributed by atoms with Crippen molar-refractivity contribution in [2.75, 3.05) is 11.9 Å². The highest BCUT2D eigenvalue weighted by Crippen LogP contribution is 2.18. The number of anilines is 1. The first-order chi connectivity index (χ1) is 4.97. The molecule has 11 heavy (non-hydrogen) atoms. The second-order valence-electron chi connectivity index (χ2n) is 2.56. The summed E-state index contributed by atoms with van der Waals surface area (Å²) in [6.07, 6.45) is 6.20. The topological polar surface area (TPSA) is 24.9 Å². The fourth-order valence-corrected chi connectivity index (χ4v) is 1.30. The molecule has 0 radical (unpaired) electrons. The zero-order valence-electron chi connectivity index (χ0n) is 6.21. The van der Waals surface area contributed by atoms with Crippen LogP contribution in [-0.4, -0.2) is 11.5 Å². The second kappa shape index (κ2) is 3.58. The molecule has 0 fully saturated rings. The summed E-state index contributed by atoms with van der Waals surface area (Å²) in [5.41, 5.74) is 2.62. The van der Waals surface area contributed by atoms with Crippen molar-refractivity contribution in [2.24, 2.45) is 0 Å². The van der Waals surface area contributed by atoms with E-state index >= 15 is 0 Å². The minimum atomic E-state index is 0. The maximum Gasteiger partial charge on any atom is 0.0559 e. The van der Waals surface area contributed by atoms with Gasteiger partial charge in [0.2, 0.25) is 0 Å². The molecule has 1 N–H and O–H groups in total. The number of nitrogens with zero attached hydrogens (tertiary/aromatic N) is 1. The average molecular weight is 171 g/mol. The molecule has 0 aromatic carbocycles. The van der Waals surface area contributed by atoms with Crippen molar-refractivity contribution in [3.05, 3.63) is 24.0 Å². The standard InChI is InChI=1S/C8H10N2.ClH/c1-2-7-3-5-9-6-8(7)10-4-1;/h3,5-6,10H,1-2,4H2;1H. The van der Waals surface area contributed by atoms with Crippen molar-refractivity contribution in [3.63, 3.8) is 0 Å². The van der Waals surface area contributed by atoms with E-state index in [0.29, 0.717) is 0 Å². The van der Waals surface area contributed by atoms with Crippen molar-refractivity contribution in [1.29, 1.82) is 0 Å². The van der Waals surface area contributed by atoms with Crippen LogP contribution in [0, 0.1) is 0 Å². The first-order valence-electron chi connectivity index (χ1n) is 3.63. The summed E-state index contributed by atoms with van der Waals surface area (Å²) in [7, 11) is 0. The predicted octanol–water partition coefficient (Wildman–Crippen LogP) is 1.86. The Morgan fingerprint density at radius 2 is 2.36 bits per heavy atom. The number of pyridine rings is 1. The Bertz CT molecular complexity index is 212. The smallest absolute Gasteiger partial charge is 0.0559 e. The molecule has 0 amide bonds. The van der Waals surface area contributed by atoms with Crippen molar-refractivity contribution in [3.8, 4) is 0 Å². The van der Waals surface area contributed by atoms with Crippen molar-refractivity contribution in [2.45, 2.75) is 12.8 Å². The fourth-order valence-electron chi connectivity index (χ4n) is 1.30. The first-order valence-corrected chi connectivity index (χ1v) is 3.63. The molecule has 1 aromatic rings. The van der Waals surface area contributed by atoms with Gasteiger partial charge in [0.05, 0.1) is 11.9 Å². The van der Waals surface area contributed by atoms with Crippen LogP contribution in [0.3, 0.4) is 0 Å². The zero-order valence-corrected chi connectivity index (χ0v) is 7.03. The van der Waals surface area contributed by atoms with Gasteiger partial charge in [0, 0.05) is 12.7 Å². The number of hydrogen-bond donors (Lipinski definition) is 1. The van der Waals surface area contributed by atoms with E-state index in [-0.39, 0.29) is 12.4 Å². The lowest BCUT2D eigenvalue weighted by atomic mass is 10.1. The van der Waals surface area contributed by atoms with Crippen LogP contribution in [0.25, 0.3) is 0 Å². The summed E-state index contributed by atoms with van der Waals surface area (Å²) in [5, 5.41) is 3.30. The minimum absolute atomic E-state index is 0. The molecule has 2 heterocycles. The molecule has 1 aromatic heterocycles. The molecule has 3 heteroatoms. The number of halogens is 1. The molecule has 2 rings (SSSR count). The lowest BCUT2D eigenvalue weighted by Crippen LogP contribution is -2.11. The molecular formula is C8H11ClN2. The predicted molar refractivity (Wildman–Crippen MR) is 48.3 cm³/mol. The zero-order chi connectivity index (χ0) is 6.81. The van der Waals surface area contributed by atoms with Gasteiger partial charge in [-0.15, -0.1) is 12.4 Å². The summed E-state index contributed by atoms with van der Waals surface area (Å²) in [6.45, 7) is 1.10. The van der Waals surface area contributed by atoms with Crippen LogP contribution in [0.5, 0.6) is 0 Å². The van der Waals surface area contributed by atoms with Crippen LogP contribution >= 0.6 is 12.4 Å². The van der Waals surface area contributed by atoms with E-state index in [0.717, 1.165) is 6.54 Å². The Labute approximate surface area is 72.4 Å². The van der Waals surface area contributed by atoms with Gasteiger partial charge in [-0.25, -0.2) is 0 Å². The monoisotopic (exact) mass is 170 g/mol. The van der Waals surface area contributed by atoms with E-state index in [9.17, 15) is 0 Å². The largest absolute Gasteiger partial charge is 0.384 e. The molecule has 0 saturated heterocycles. The lowest BCUT2D eigenvalue weighted by molar-refractivity contribution is 0.826. The van der Waals surface area contributed by atoms with Gasteiger partial charge in [0.25, 0.3) is 0 Å². The van der Waals surface area contributed by atoms with Gasteiger partial charge in [-0.1, -0.05) is 0 Å². The maximum atomic E-state index is 4.04. The van der Waals surface area contributed by atoms with Gasteiger partial charge in [-0.2, -0.15) is 0 Å². The van der Waals surface area contributed by atoms with Crippen LogP contribution in [0.15, 0.2) is 18.5 Å². The summed E-state index contributed by atoms with van der Waals surface area (Å²) in [6, 6.07) is 2.08. The van der Waals surface area contributed by atoms with Crippen LogP contribution in [-0.2, 0) is 6.42 Å². The Balaban J connectivity index is 0.000000605. The molecule has 1 aliphatic rings. The third-order valence-corrected chi connectivity index (χ3v) is 1.85. The Kier molecular flexibility index (Phi) is 2.71. The number of rotatable bonds is 0. The van der Waals surface area contributed by atoms with Crippen LogP contribution < -0.4 is 5.32 Å². The summed E-state index contributed by atoms with van der Waals surface area (Å²) >= 11 is 0. The Hall–Kier alpha value is -0.760. The third-order valence-electron chi connectivity index (χ3n) is 1.85. The molecule has 0 atom stereocenters. The van der Waals surface area contributed by atoms with Crippen LogP contribution in [0.1, 0.15) is 12.0 Å². The summed E-state index contributed by atoms with van der Waals surface area (Å²) in [5.74, 6) is 0. The van der Waals surface area contributed by atoms with E-state index in [4.69, 9.17) is 0 Å². The molecule has 0 bridgehead atoms. The van der Waals surface area contributed by atoms with E-state index < -0.39 is 0 Å². The van der Waals surface area contributed by atoms with Crippen molar-refractivity contribution < 1.29 is 0 Å². The van der Waals surface area contributed by atoms with Gasteiger partial charge in [-0.05, 0) is 24.5 Å². The molecule has 0 saturated carbocycles.